The van der Waals surface area contributed by atoms with Crippen molar-refractivity contribution >= 4 is 7.82 Å². The number of ether oxygens (including phenoxy) is 1. The summed E-state index contributed by atoms with van der Waals surface area (Å²) in [6.07, 6.45) is -2.05. The minimum absolute atomic E-state index is 0. The standard InChI is InChI=1S/C13H22N6O4.H3O4P.H2O/c1-17-4-13-2-8(15-16-12(13)19(14)6-17)18(5-13)11-10(22)9(21)7(3-20)23-11;1-5(2,3)4;/h2,7,9-12,20-22H,3-6,14H2,1H3;(H3,1,2,3,4);1H2/t7-,9-,10-,11-,12?,13?;;/m1../s1. The van der Waals surface area contributed by atoms with Crippen molar-refractivity contribution in [3.8, 4) is 0 Å². The zero-order chi connectivity index (χ0) is 20.9. The molecule has 2 unspecified atom stereocenters. The van der Waals surface area contributed by atoms with Crippen LogP contribution in [0.4, 0.5) is 0 Å². The molecule has 1 spiro atoms. The third kappa shape index (κ3) is 4.82. The van der Waals surface area contributed by atoms with Gasteiger partial charge in [0.1, 0.15) is 30.3 Å². The van der Waals surface area contributed by atoms with Gasteiger partial charge < -0.3 is 45.1 Å². The number of azo groups is 1. The first-order valence-electron chi connectivity index (χ1n) is 8.46. The van der Waals surface area contributed by atoms with E-state index in [0.717, 1.165) is 6.54 Å². The van der Waals surface area contributed by atoms with Crippen molar-refractivity contribution in [1.29, 1.82) is 0 Å². The van der Waals surface area contributed by atoms with Crippen molar-refractivity contribution in [2.75, 3.05) is 33.4 Å². The van der Waals surface area contributed by atoms with Crippen LogP contribution in [0.1, 0.15) is 0 Å². The number of hydrogen-bond donors (Lipinski definition) is 7. The first-order chi connectivity index (χ1) is 12.9. The van der Waals surface area contributed by atoms with Crippen LogP contribution in [0.3, 0.4) is 0 Å². The van der Waals surface area contributed by atoms with Crippen molar-refractivity contribution in [2.24, 2.45) is 21.5 Å². The maximum Gasteiger partial charge on any atom is 0.466 e. The third-order valence-corrected chi connectivity index (χ3v) is 5.07. The van der Waals surface area contributed by atoms with E-state index < -0.39 is 32.4 Å². The van der Waals surface area contributed by atoms with Gasteiger partial charge >= 0.3 is 7.82 Å². The highest BCUT2D eigenvalue weighted by atomic mass is 31.2. The fourth-order valence-electron chi connectivity index (χ4n) is 4.10. The molecule has 0 aromatic carbocycles. The van der Waals surface area contributed by atoms with Crippen LogP contribution in [0.2, 0.25) is 0 Å². The minimum Gasteiger partial charge on any atom is -0.412 e. The zero-order valence-electron chi connectivity index (χ0n) is 15.6. The van der Waals surface area contributed by atoms with Crippen LogP contribution in [-0.2, 0) is 9.30 Å². The molecule has 0 aromatic heterocycles. The van der Waals surface area contributed by atoms with Gasteiger partial charge in [-0.25, -0.2) is 9.57 Å². The molecule has 0 amide bonds. The molecule has 4 rings (SSSR count). The normalized spacial score (nSPS) is 39.4. The Hall–Kier alpha value is -1.07. The molecule has 0 aliphatic carbocycles. The van der Waals surface area contributed by atoms with E-state index in [1.807, 2.05) is 13.1 Å². The van der Waals surface area contributed by atoms with E-state index >= 15 is 0 Å². The Bertz CT molecular complexity index is 698. The Balaban J connectivity index is 0.000000450. The lowest BCUT2D eigenvalue weighted by atomic mass is 9.83. The molecule has 4 aliphatic heterocycles. The average molecular weight is 442 g/mol. The number of nitrogens with zero attached hydrogens (tertiary/aromatic N) is 5. The van der Waals surface area contributed by atoms with Crippen LogP contribution in [0.5, 0.6) is 0 Å². The van der Waals surface area contributed by atoms with E-state index in [1.54, 1.807) is 9.91 Å². The maximum atomic E-state index is 10.3. The molecule has 168 valence electrons. The van der Waals surface area contributed by atoms with Crippen molar-refractivity contribution < 1.29 is 44.8 Å². The zero-order valence-corrected chi connectivity index (χ0v) is 16.4. The van der Waals surface area contributed by atoms with Gasteiger partial charge in [-0.2, -0.15) is 5.11 Å². The lowest BCUT2D eigenvalue weighted by Gasteiger charge is -2.46. The molecule has 2 bridgehead atoms. The maximum absolute atomic E-state index is 10.3. The smallest absolute Gasteiger partial charge is 0.412 e. The largest absolute Gasteiger partial charge is 0.466 e. The first-order valence-corrected chi connectivity index (χ1v) is 10.0. The molecule has 16 heteroatoms. The quantitative estimate of drug-likeness (QED) is 0.159. The van der Waals surface area contributed by atoms with Crippen molar-refractivity contribution in [1.82, 2.24) is 14.8 Å². The predicted molar refractivity (Wildman–Crippen MR) is 95.0 cm³/mol. The van der Waals surface area contributed by atoms with E-state index in [9.17, 15) is 15.3 Å². The van der Waals surface area contributed by atoms with Gasteiger partial charge in [-0.1, -0.05) is 0 Å². The molecular formula is C13H27N6O9P. The monoisotopic (exact) mass is 442 g/mol. The van der Waals surface area contributed by atoms with Crippen LogP contribution >= 0.6 is 7.82 Å². The summed E-state index contributed by atoms with van der Waals surface area (Å²) in [7, 11) is -2.65. The van der Waals surface area contributed by atoms with Gasteiger partial charge in [-0.3, -0.25) is 10.7 Å². The summed E-state index contributed by atoms with van der Waals surface area (Å²) in [5.41, 5.74) is -0.329. The molecule has 6 atom stereocenters. The first kappa shape index (κ1) is 24.2. The Morgan fingerprint density at radius 2 is 1.93 bits per heavy atom. The summed E-state index contributed by atoms with van der Waals surface area (Å²) < 4.78 is 14.5. The number of hydrogen-bond acceptors (Lipinski definition) is 11. The minimum atomic E-state index is -4.64. The number of aliphatic hydroxyl groups is 3. The van der Waals surface area contributed by atoms with Gasteiger partial charge in [0, 0.05) is 13.1 Å². The second-order valence-electron chi connectivity index (χ2n) is 7.36. The molecule has 15 nitrogen and oxygen atoms in total. The molecular weight excluding hydrogens is 415 g/mol. The second-order valence-corrected chi connectivity index (χ2v) is 8.39. The fourth-order valence-corrected chi connectivity index (χ4v) is 4.10. The van der Waals surface area contributed by atoms with Gasteiger partial charge in [0.25, 0.3) is 0 Å². The van der Waals surface area contributed by atoms with Crippen LogP contribution in [-0.4, -0.2) is 114 Å². The highest BCUT2D eigenvalue weighted by molar-refractivity contribution is 7.45. The van der Waals surface area contributed by atoms with E-state index in [0.29, 0.717) is 19.0 Å². The Morgan fingerprint density at radius 1 is 1.31 bits per heavy atom. The number of rotatable bonds is 2. The van der Waals surface area contributed by atoms with Gasteiger partial charge in [0.05, 0.1) is 18.7 Å². The van der Waals surface area contributed by atoms with Crippen LogP contribution < -0.4 is 5.84 Å². The Morgan fingerprint density at radius 3 is 2.48 bits per heavy atom. The summed E-state index contributed by atoms with van der Waals surface area (Å²) in [5, 5.41) is 39.7. The molecule has 2 saturated heterocycles. The summed E-state index contributed by atoms with van der Waals surface area (Å²) in [6.45, 7) is 1.54. The summed E-state index contributed by atoms with van der Waals surface area (Å²) in [4.78, 5) is 25.5. The molecule has 2 fully saturated rings. The number of nitrogens with two attached hydrogens (primary N) is 1. The second kappa shape index (κ2) is 8.58. The van der Waals surface area contributed by atoms with Gasteiger partial charge in [0.2, 0.25) is 0 Å². The Kier molecular flexibility index (Phi) is 7.16. The topological polar surface area (TPSA) is 240 Å². The number of aliphatic hydroxyl groups excluding tert-OH is 3. The van der Waals surface area contributed by atoms with Crippen molar-refractivity contribution in [3.63, 3.8) is 0 Å². The molecule has 4 heterocycles. The van der Waals surface area contributed by atoms with Gasteiger partial charge in [0.15, 0.2) is 6.23 Å². The van der Waals surface area contributed by atoms with E-state index in [2.05, 4.69) is 15.1 Å². The van der Waals surface area contributed by atoms with E-state index in [4.69, 9.17) is 29.8 Å². The predicted octanol–water partition coefficient (Wildman–Crippen LogP) is -4.31. The highest BCUT2D eigenvalue weighted by Crippen LogP contribution is 2.46. The highest BCUT2D eigenvalue weighted by Gasteiger charge is 2.56. The molecule has 0 saturated carbocycles. The fraction of sp³-hybridized carbons (Fsp3) is 0.846. The molecule has 10 N–H and O–H groups in total. The van der Waals surface area contributed by atoms with E-state index in [1.165, 1.54) is 0 Å². The average Bonchev–Trinajstić information content (AvgIpc) is 2.99. The van der Waals surface area contributed by atoms with Crippen molar-refractivity contribution in [2.45, 2.75) is 30.7 Å². The van der Waals surface area contributed by atoms with Crippen LogP contribution in [0.25, 0.3) is 0 Å². The van der Waals surface area contributed by atoms with Gasteiger partial charge in [-0.15, -0.1) is 5.11 Å². The molecule has 29 heavy (non-hydrogen) atoms. The number of phosphoric acid groups is 1. The van der Waals surface area contributed by atoms with Crippen LogP contribution in [0, 0.1) is 5.41 Å². The third-order valence-electron chi connectivity index (χ3n) is 5.07. The summed E-state index contributed by atoms with van der Waals surface area (Å²) >= 11 is 0. The SMILES string of the molecule is CN1CN(N)C2N=NC3=CC2(C1)CN3[C@@H]1O[C@H](CO)[C@@H](O)[C@H]1O.O.O=P(O)(O)O. The molecule has 0 radical (unpaired) electrons. The molecule has 4 aliphatic rings. The molecule has 0 aromatic rings. The van der Waals surface area contributed by atoms with E-state index in [-0.39, 0.29) is 23.7 Å². The lowest BCUT2D eigenvalue weighted by molar-refractivity contribution is -0.0956. The van der Waals surface area contributed by atoms with Gasteiger partial charge in [-0.05, 0) is 13.1 Å². The van der Waals surface area contributed by atoms with Crippen molar-refractivity contribution in [3.05, 3.63) is 11.9 Å². The van der Waals surface area contributed by atoms with Crippen LogP contribution in [0.15, 0.2) is 22.1 Å². The number of hydrazine groups is 1. The Labute approximate surface area is 165 Å². The lowest BCUT2D eigenvalue weighted by Crippen LogP contribution is -2.63. The summed E-state index contributed by atoms with van der Waals surface area (Å²) in [5.74, 6) is 6.70. The summed E-state index contributed by atoms with van der Waals surface area (Å²) in [6, 6.07) is 0.